The monoisotopic (exact) mass is 413 g/mol. The summed E-state index contributed by atoms with van der Waals surface area (Å²) in [5, 5.41) is 8.37. The number of allylic oxidation sites excluding steroid dienone is 2. The molecule has 2 aromatic heterocycles. The minimum atomic E-state index is -0.0970. The second kappa shape index (κ2) is 9.16. The van der Waals surface area contributed by atoms with Crippen molar-refractivity contribution in [3.05, 3.63) is 40.9 Å². The summed E-state index contributed by atoms with van der Waals surface area (Å²) in [4.78, 5) is 7.24. The van der Waals surface area contributed by atoms with Crippen molar-refractivity contribution in [3.8, 4) is 0 Å². The summed E-state index contributed by atoms with van der Waals surface area (Å²) in [6.07, 6.45) is 4.70. The van der Waals surface area contributed by atoms with Crippen LogP contribution in [0.5, 0.6) is 0 Å². The van der Waals surface area contributed by atoms with Crippen molar-refractivity contribution in [2.24, 2.45) is 0 Å². The highest BCUT2D eigenvalue weighted by Gasteiger charge is 2.25. The molecule has 2 aromatic rings. The zero-order chi connectivity index (χ0) is 21.1. The first-order chi connectivity index (χ1) is 14.6. The van der Waals surface area contributed by atoms with E-state index < -0.39 is 0 Å². The molecule has 0 radical (unpaired) electrons. The summed E-state index contributed by atoms with van der Waals surface area (Å²) in [6, 6.07) is 2.05. The van der Waals surface area contributed by atoms with Crippen molar-refractivity contribution >= 4 is 17.0 Å². The molecule has 3 heterocycles. The van der Waals surface area contributed by atoms with E-state index in [1.54, 1.807) is 14.2 Å². The Morgan fingerprint density at radius 2 is 2.00 bits per heavy atom. The van der Waals surface area contributed by atoms with Crippen LogP contribution in [0.4, 0.5) is 5.82 Å². The first-order valence-corrected chi connectivity index (χ1v) is 10.5. The van der Waals surface area contributed by atoms with E-state index >= 15 is 0 Å². The molecule has 1 unspecified atom stereocenters. The van der Waals surface area contributed by atoms with Crippen molar-refractivity contribution in [2.75, 3.05) is 58.9 Å². The molecule has 1 fully saturated rings. The van der Waals surface area contributed by atoms with Gasteiger partial charge in [0.25, 0.3) is 0 Å². The van der Waals surface area contributed by atoms with Crippen LogP contribution in [0, 0.1) is 13.8 Å². The number of fused-ring (bicyclic) bond motifs is 1. The van der Waals surface area contributed by atoms with Gasteiger partial charge in [-0.15, -0.1) is 0 Å². The van der Waals surface area contributed by atoms with Crippen molar-refractivity contribution in [3.63, 3.8) is 0 Å². The van der Waals surface area contributed by atoms with Crippen LogP contribution in [0.15, 0.2) is 24.0 Å². The van der Waals surface area contributed by atoms with Crippen LogP contribution in [-0.4, -0.2) is 79.2 Å². The topological polar surface area (TPSA) is 73.2 Å². The van der Waals surface area contributed by atoms with Gasteiger partial charge in [0.2, 0.25) is 0 Å². The van der Waals surface area contributed by atoms with Gasteiger partial charge in [0.1, 0.15) is 17.7 Å². The summed E-state index contributed by atoms with van der Waals surface area (Å²) in [6.45, 7) is 9.50. The number of aromatic nitrogens is 3. The van der Waals surface area contributed by atoms with Gasteiger partial charge in [-0.25, -0.2) is 4.98 Å². The maximum absolute atomic E-state index is 5.63. The molecule has 2 aliphatic rings. The molecule has 1 aliphatic heterocycles. The number of methoxy groups -OCH3 is 2. The van der Waals surface area contributed by atoms with E-state index in [4.69, 9.17) is 24.3 Å². The summed E-state index contributed by atoms with van der Waals surface area (Å²) < 4.78 is 18.4. The summed E-state index contributed by atoms with van der Waals surface area (Å²) in [7, 11) is 3.39. The highest BCUT2D eigenvalue weighted by molar-refractivity contribution is 5.80. The number of anilines is 1. The molecule has 1 atom stereocenters. The molecule has 0 saturated carbocycles. The standard InChI is InChI=1S/C22H31N5O3/c1-15-13-20(23-7-8-26-9-11-30-12-10-26)27-22(24-15)21(16(2)25-27)17-5-6-18(28-3)19(14-17)29-4/h5-6,13,19,23H,7-12,14H2,1-4H3. The quantitative estimate of drug-likeness (QED) is 0.747. The van der Waals surface area contributed by atoms with E-state index in [1.807, 2.05) is 24.4 Å². The lowest BCUT2D eigenvalue weighted by molar-refractivity contribution is 0.0398. The van der Waals surface area contributed by atoms with Gasteiger partial charge in [0.15, 0.2) is 5.65 Å². The number of nitrogens with zero attached hydrogens (tertiary/aromatic N) is 4. The molecular weight excluding hydrogens is 382 g/mol. The zero-order valence-corrected chi connectivity index (χ0v) is 18.3. The molecule has 30 heavy (non-hydrogen) atoms. The molecule has 4 rings (SSSR count). The SMILES string of the molecule is COC1=CC=C(c2c(C)nn3c(NCCN4CCOCC4)cc(C)nc23)CC1OC. The Balaban J connectivity index is 1.61. The number of nitrogens with one attached hydrogen (secondary N) is 1. The molecule has 1 aliphatic carbocycles. The minimum Gasteiger partial charge on any atom is -0.498 e. The zero-order valence-electron chi connectivity index (χ0n) is 18.3. The first kappa shape index (κ1) is 20.8. The van der Waals surface area contributed by atoms with Crippen LogP contribution in [0.2, 0.25) is 0 Å². The van der Waals surface area contributed by atoms with Crippen molar-refractivity contribution in [1.82, 2.24) is 19.5 Å². The maximum atomic E-state index is 5.63. The van der Waals surface area contributed by atoms with E-state index in [9.17, 15) is 0 Å². The molecule has 162 valence electrons. The first-order valence-electron chi connectivity index (χ1n) is 10.5. The lowest BCUT2D eigenvalue weighted by atomic mass is 9.94. The average Bonchev–Trinajstić information content (AvgIpc) is 3.09. The van der Waals surface area contributed by atoms with Crippen LogP contribution in [0.3, 0.4) is 0 Å². The second-order valence-corrected chi connectivity index (χ2v) is 7.75. The largest absolute Gasteiger partial charge is 0.498 e. The molecule has 1 N–H and O–H groups in total. The predicted octanol–water partition coefficient (Wildman–Crippen LogP) is 2.42. The van der Waals surface area contributed by atoms with Gasteiger partial charge in [-0.3, -0.25) is 4.90 Å². The Hall–Kier alpha value is -2.42. The average molecular weight is 414 g/mol. The Kier molecular flexibility index (Phi) is 6.36. The van der Waals surface area contributed by atoms with Crippen LogP contribution in [0.1, 0.15) is 23.4 Å². The Labute approximate surface area is 177 Å². The van der Waals surface area contributed by atoms with Crippen LogP contribution >= 0.6 is 0 Å². The number of aryl methyl sites for hydroxylation is 2. The second-order valence-electron chi connectivity index (χ2n) is 7.75. The molecular formula is C22H31N5O3. The highest BCUT2D eigenvalue weighted by Crippen LogP contribution is 2.33. The lowest BCUT2D eigenvalue weighted by Crippen LogP contribution is -2.39. The lowest BCUT2D eigenvalue weighted by Gasteiger charge is -2.26. The number of hydrogen-bond donors (Lipinski definition) is 1. The molecule has 0 aromatic carbocycles. The van der Waals surface area contributed by atoms with Gasteiger partial charge in [0, 0.05) is 57.0 Å². The summed E-state index contributed by atoms with van der Waals surface area (Å²) in [5.74, 6) is 1.80. The third-order valence-electron chi connectivity index (χ3n) is 5.74. The fraction of sp³-hybridized carbons (Fsp3) is 0.545. The van der Waals surface area contributed by atoms with Crippen molar-refractivity contribution < 1.29 is 14.2 Å². The molecule has 1 saturated heterocycles. The maximum Gasteiger partial charge on any atom is 0.165 e. The number of rotatable bonds is 7. The van der Waals surface area contributed by atoms with Gasteiger partial charge in [-0.1, -0.05) is 6.08 Å². The highest BCUT2D eigenvalue weighted by atomic mass is 16.5. The van der Waals surface area contributed by atoms with Crippen LogP contribution in [-0.2, 0) is 14.2 Å². The number of morpholine rings is 1. The molecule has 0 amide bonds. The van der Waals surface area contributed by atoms with Gasteiger partial charge in [-0.05, 0) is 25.5 Å². The van der Waals surface area contributed by atoms with Crippen molar-refractivity contribution in [1.29, 1.82) is 0 Å². The third-order valence-corrected chi connectivity index (χ3v) is 5.74. The van der Waals surface area contributed by atoms with E-state index in [0.717, 1.165) is 85.6 Å². The van der Waals surface area contributed by atoms with E-state index in [1.165, 1.54) is 0 Å². The van der Waals surface area contributed by atoms with Crippen LogP contribution < -0.4 is 5.32 Å². The van der Waals surface area contributed by atoms with E-state index in [2.05, 4.69) is 22.4 Å². The molecule has 0 bridgehead atoms. The Morgan fingerprint density at radius 1 is 1.20 bits per heavy atom. The fourth-order valence-corrected chi connectivity index (χ4v) is 4.16. The molecule has 0 spiro atoms. The van der Waals surface area contributed by atoms with Gasteiger partial charge >= 0.3 is 0 Å². The third kappa shape index (κ3) is 4.21. The van der Waals surface area contributed by atoms with E-state index in [0.29, 0.717) is 0 Å². The number of hydrogen-bond acceptors (Lipinski definition) is 7. The summed E-state index contributed by atoms with van der Waals surface area (Å²) in [5.41, 5.74) is 5.03. The molecule has 8 nitrogen and oxygen atoms in total. The Morgan fingerprint density at radius 3 is 2.73 bits per heavy atom. The predicted molar refractivity (Wildman–Crippen MR) is 117 cm³/mol. The van der Waals surface area contributed by atoms with E-state index in [-0.39, 0.29) is 6.10 Å². The van der Waals surface area contributed by atoms with Crippen LogP contribution in [0.25, 0.3) is 11.2 Å². The minimum absolute atomic E-state index is 0.0970. The summed E-state index contributed by atoms with van der Waals surface area (Å²) >= 11 is 0. The smallest absolute Gasteiger partial charge is 0.165 e. The van der Waals surface area contributed by atoms with Gasteiger partial charge in [-0.2, -0.15) is 9.61 Å². The van der Waals surface area contributed by atoms with Gasteiger partial charge < -0.3 is 19.5 Å². The van der Waals surface area contributed by atoms with Crippen molar-refractivity contribution in [2.45, 2.75) is 26.4 Å². The Bertz CT molecular complexity index is 959. The molecule has 8 heteroatoms. The van der Waals surface area contributed by atoms with Gasteiger partial charge in [0.05, 0.1) is 26.0 Å². The fourth-order valence-electron chi connectivity index (χ4n) is 4.16. The normalized spacial score (nSPS) is 20.2. The number of ether oxygens (including phenoxy) is 3.